The summed E-state index contributed by atoms with van der Waals surface area (Å²) in [5, 5.41) is 0. The van der Waals surface area contributed by atoms with Gasteiger partial charge in [0, 0.05) is 19.3 Å². The van der Waals surface area contributed by atoms with Crippen molar-refractivity contribution in [2.75, 3.05) is 13.2 Å². The first-order valence-electron chi connectivity index (χ1n) is 35.7. The molecule has 1 atom stereocenters. The van der Waals surface area contributed by atoms with Gasteiger partial charge >= 0.3 is 17.9 Å². The number of rotatable bonds is 65. The number of allylic oxidation sites excluding steroid dienone is 16. The minimum atomic E-state index is -0.786. The minimum absolute atomic E-state index is 0.0810. The maximum atomic E-state index is 13.0. The van der Waals surface area contributed by atoms with Crippen molar-refractivity contribution in [2.45, 2.75) is 361 Å². The SMILES string of the molecule is CC/C=C\C/C=C\C/C=C\C/C=C\CCCCCCCCCCCCC(=O)OC(COC(=O)CCCCCCCCC/C=C\CCCCCCCC)COC(=O)CCCCCCCCCCCC/C=C\C/C=C\C/C=C\CCCCCCC. The third-order valence-electron chi connectivity index (χ3n) is 15.5. The minimum Gasteiger partial charge on any atom is -0.462 e. The monoisotopic (exact) mass is 1160 g/mol. The lowest BCUT2D eigenvalue weighted by atomic mass is 10.0. The van der Waals surface area contributed by atoms with Gasteiger partial charge in [-0.05, 0) is 122 Å². The van der Waals surface area contributed by atoms with Gasteiger partial charge in [0.2, 0.25) is 0 Å². The van der Waals surface area contributed by atoms with E-state index in [1.54, 1.807) is 0 Å². The van der Waals surface area contributed by atoms with Gasteiger partial charge in [-0.1, -0.05) is 311 Å². The van der Waals surface area contributed by atoms with Crippen LogP contribution in [0.3, 0.4) is 0 Å². The summed E-state index contributed by atoms with van der Waals surface area (Å²) in [6, 6.07) is 0. The Kier molecular flexibility index (Phi) is 67.7. The van der Waals surface area contributed by atoms with Crippen LogP contribution in [0.25, 0.3) is 0 Å². The van der Waals surface area contributed by atoms with Crippen molar-refractivity contribution in [3.05, 3.63) is 97.2 Å². The van der Waals surface area contributed by atoms with Crippen molar-refractivity contribution in [3.63, 3.8) is 0 Å². The zero-order valence-corrected chi connectivity index (χ0v) is 54.9. The number of esters is 3. The van der Waals surface area contributed by atoms with Crippen LogP contribution in [0.1, 0.15) is 355 Å². The molecule has 0 aromatic rings. The van der Waals surface area contributed by atoms with Gasteiger partial charge in [-0.15, -0.1) is 0 Å². The fraction of sp³-hybridized carbons (Fsp3) is 0.753. The quantitative estimate of drug-likeness (QED) is 0.0261. The number of hydrogen-bond acceptors (Lipinski definition) is 6. The first kappa shape index (κ1) is 79.3. The van der Waals surface area contributed by atoms with Gasteiger partial charge in [0.15, 0.2) is 6.10 Å². The second kappa shape index (κ2) is 70.8. The van der Waals surface area contributed by atoms with E-state index < -0.39 is 6.10 Å². The smallest absolute Gasteiger partial charge is 0.306 e. The van der Waals surface area contributed by atoms with Crippen LogP contribution in [-0.4, -0.2) is 37.2 Å². The number of ether oxygens (including phenoxy) is 3. The van der Waals surface area contributed by atoms with E-state index >= 15 is 0 Å². The molecule has 0 aromatic heterocycles. The van der Waals surface area contributed by atoms with Crippen molar-refractivity contribution in [2.24, 2.45) is 0 Å². The predicted octanol–water partition coefficient (Wildman–Crippen LogP) is 24.8. The molecule has 0 rings (SSSR count). The summed E-state index contributed by atoms with van der Waals surface area (Å²) in [5.41, 5.74) is 0. The van der Waals surface area contributed by atoms with Crippen molar-refractivity contribution in [3.8, 4) is 0 Å². The highest BCUT2D eigenvalue weighted by Crippen LogP contribution is 2.17. The summed E-state index contributed by atoms with van der Waals surface area (Å²) in [6.07, 6.45) is 95.6. The van der Waals surface area contributed by atoms with Crippen LogP contribution < -0.4 is 0 Å². The molecule has 0 aromatic carbocycles. The molecule has 0 spiro atoms. The molecule has 0 aliphatic heterocycles. The lowest BCUT2D eigenvalue weighted by Gasteiger charge is -2.18. The zero-order valence-electron chi connectivity index (χ0n) is 54.9. The molecule has 83 heavy (non-hydrogen) atoms. The standard InChI is InChI=1S/C77H134O6/c1-4-7-10-13-16-19-22-25-28-31-33-35-37-38-40-41-43-46-49-52-55-58-61-64-67-70-76(79)82-73-74(72-81-75(78)69-66-63-60-57-54-51-48-45-30-27-24-21-18-15-12-9-6-3)83-77(80)71-68-65-62-59-56-53-50-47-44-42-39-36-34-32-29-26-23-20-17-14-11-8-5-2/h8,11,17,20,22,25-27,29-31,33-34,36-38,74H,4-7,9-10,12-16,18-19,21,23-24,28,32,35,39-73H2,1-3H3/b11-8-,20-17-,25-22-,29-26-,30-27-,33-31-,36-34-,38-37-. The fourth-order valence-electron chi connectivity index (χ4n) is 10.2. The van der Waals surface area contributed by atoms with Gasteiger partial charge in [-0.2, -0.15) is 0 Å². The Hall–Kier alpha value is -3.67. The van der Waals surface area contributed by atoms with Crippen LogP contribution in [0.5, 0.6) is 0 Å². The van der Waals surface area contributed by atoms with Crippen molar-refractivity contribution >= 4 is 17.9 Å². The average Bonchev–Trinajstić information content (AvgIpc) is 3.49. The van der Waals surface area contributed by atoms with Gasteiger partial charge in [0.1, 0.15) is 13.2 Å². The van der Waals surface area contributed by atoms with Crippen molar-refractivity contribution in [1.29, 1.82) is 0 Å². The predicted molar refractivity (Wildman–Crippen MR) is 362 cm³/mol. The number of unbranched alkanes of at least 4 members (excludes halogenated alkanes) is 38. The van der Waals surface area contributed by atoms with Crippen LogP contribution in [0, 0.1) is 0 Å². The largest absolute Gasteiger partial charge is 0.462 e. The van der Waals surface area contributed by atoms with Gasteiger partial charge < -0.3 is 14.2 Å². The zero-order chi connectivity index (χ0) is 59.9. The van der Waals surface area contributed by atoms with Crippen LogP contribution in [0.4, 0.5) is 0 Å². The van der Waals surface area contributed by atoms with Crippen LogP contribution in [0.15, 0.2) is 97.2 Å². The van der Waals surface area contributed by atoms with E-state index in [9.17, 15) is 14.4 Å². The Morgan fingerprint density at radius 3 is 0.747 bits per heavy atom. The van der Waals surface area contributed by atoms with E-state index in [0.717, 1.165) is 96.3 Å². The molecule has 0 aliphatic rings. The Labute approximate surface area is 515 Å². The Bertz CT molecular complexity index is 1610. The highest BCUT2D eigenvalue weighted by atomic mass is 16.6. The summed E-state index contributed by atoms with van der Waals surface area (Å²) < 4.78 is 17.0. The van der Waals surface area contributed by atoms with Gasteiger partial charge in [0.25, 0.3) is 0 Å². The molecule has 0 radical (unpaired) electrons. The first-order chi connectivity index (χ1) is 41.0. The number of carbonyl (C=O) groups excluding carboxylic acids is 3. The van der Waals surface area contributed by atoms with E-state index in [1.165, 1.54) is 218 Å². The summed E-state index contributed by atoms with van der Waals surface area (Å²) in [7, 11) is 0. The molecule has 0 amide bonds. The molecule has 1 unspecified atom stereocenters. The molecule has 0 saturated carbocycles. The Morgan fingerprint density at radius 1 is 0.253 bits per heavy atom. The van der Waals surface area contributed by atoms with E-state index in [2.05, 4.69) is 118 Å². The molecule has 6 nitrogen and oxygen atoms in total. The van der Waals surface area contributed by atoms with Crippen LogP contribution in [-0.2, 0) is 28.6 Å². The molecule has 6 heteroatoms. The molecule has 0 saturated heterocycles. The lowest BCUT2D eigenvalue weighted by molar-refractivity contribution is -0.167. The van der Waals surface area contributed by atoms with E-state index in [1.807, 2.05) is 0 Å². The van der Waals surface area contributed by atoms with E-state index in [4.69, 9.17) is 14.2 Å². The summed E-state index contributed by atoms with van der Waals surface area (Å²) >= 11 is 0. The van der Waals surface area contributed by atoms with E-state index in [-0.39, 0.29) is 31.1 Å². The van der Waals surface area contributed by atoms with Crippen LogP contribution in [0.2, 0.25) is 0 Å². The van der Waals surface area contributed by atoms with E-state index in [0.29, 0.717) is 19.3 Å². The van der Waals surface area contributed by atoms with Gasteiger partial charge in [-0.3, -0.25) is 14.4 Å². The maximum absolute atomic E-state index is 13.0. The molecule has 0 aliphatic carbocycles. The second-order valence-electron chi connectivity index (χ2n) is 23.8. The molecule has 0 heterocycles. The summed E-state index contributed by atoms with van der Waals surface area (Å²) in [5.74, 6) is -0.876. The van der Waals surface area contributed by atoms with Crippen molar-refractivity contribution in [1.82, 2.24) is 0 Å². The molecular formula is C77H134O6. The highest BCUT2D eigenvalue weighted by molar-refractivity contribution is 5.71. The highest BCUT2D eigenvalue weighted by Gasteiger charge is 2.19. The third kappa shape index (κ3) is 69.0. The summed E-state index contributed by atoms with van der Waals surface area (Å²) in [4.78, 5) is 38.5. The Morgan fingerprint density at radius 2 is 0.470 bits per heavy atom. The van der Waals surface area contributed by atoms with Gasteiger partial charge in [0.05, 0.1) is 0 Å². The molecule has 478 valence electrons. The maximum Gasteiger partial charge on any atom is 0.306 e. The third-order valence-corrected chi connectivity index (χ3v) is 15.5. The lowest BCUT2D eigenvalue weighted by Crippen LogP contribution is -2.30. The first-order valence-corrected chi connectivity index (χ1v) is 35.7. The average molecular weight is 1160 g/mol. The van der Waals surface area contributed by atoms with Crippen molar-refractivity contribution < 1.29 is 28.6 Å². The topological polar surface area (TPSA) is 78.9 Å². The number of carbonyl (C=O) groups is 3. The van der Waals surface area contributed by atoms with Crippen LogP contribution >= 0.6 is 0 Å². The molecular weight excluding hydrogens is 1020 g/mol. The molecule has 0 bridgehead atoms. The Balaban J connectivity index is 4.37. The number of hydrogen-bond donors (Lipinski definition) is 0. The van der Waals surface area contributed by atoms with Gasteiger partial charge in [-0.25, -0.2) is 0 Å². The fourth-order valence-corrected chi connectivity index (χ4v) is 10.2. The molecule has 0 N–H and O–H groups in total. The summed E-state index contributed by atoms with van der Waals surface area (Å²) in [6.45, 7) is 6.55. The second-order valence-corrected chi connectivity index (χ2v) is 23.8. The normalized spacial score (nSPS) is 12.7. The molecule has 0 fully saturated rings.